The smallest absolute Gasteiger partial charge is 0.303 e. The average molecular weight is 311 g/mol. The number of hydrogen-bond donors (Lipinski definition) is 1. The van der Waals surface area contributed by atoms with Crippen molar-refractivity contribution in [2.75, 3.05) is 31.5 Å². The summed E-state index contributed by atoms with van der Waals surface area (Å²) in [4.78, 5) is 0. The molecule has 21 heavy (non-hydrogen) atoms. The number of nitrogens with one attached hydrogen (secondary N) is 1. The summed E-state index contributed by atoms with van der Waals surface area (Å²) in [5.74, 6) is 0. The normalized spacial score (nSPS) is 19.4. The van der Waals surface area contributed by atoms with E-state index < -0.39 is 10.2 Å². The lowest BCUT2D eigenvalue weighted by Crippen LogP contribution is -2.40. The maximum Gasteiger partial charge on any atom is 0.303 e. The van der Waals surface area contributed by atoms with Crippen LogP contribution >= 0.6 is 0 Å². The van der Waals surface area contributed by atoms with Gasteiger partial charge in [-0.1, -0.05) is 25.1 Å². The van der Waals surface area contributed by atoms with Crippen molar-refractivity contribution in [2.45, 2.75) is 32.2 Å². The van der Waals surface area contributed by atoms with Crippen LogP contribution in [0.2, 0.25) is 0 Å². The Morgan fingerprint density at radius 1 is 1.33 bits per heavy atom. The molecule has 0 amide bonds. The molecule has 1 aromatic carbocycles. The second-order valence-electron chi connectivity index (χ2n) is 5.57. The molecule has 0 radical (unpaired) electrons. The molecule has 1 heterocycles. The molecular formula is C15H25N3O2S. The highest BCUT2D eigenvalue weighted by Crippen LogP contribution is 2.34. The first-order chi connectivity index (χ1) is 9.98. The molecule has 6 heteroatoms. The number of fused-ring (bicyclic) bond motifs is 1. The topological polar surface area (TPSA) is 52.7 Å². The highest BCUT2D eigenvalue weighted by atomic mass is 32.2. The zero-order valence-electron chi connectivity index (χ0n) is 13.0. The number of para-hydroxylation sites is 1. The first-order valence-electron chi connectivity index (χ1n) is 7.51. The molecule has 2 rings (SSSR count). The van der Waals surface area contributed by atoms with Gasteiger partial charge in [-0.3, -0.25) is 4.31 Å². The molecule has 0 spiro atoms. The summed E-state index contributed by atoms with van der Waals surface area (Å²) in [7, 11) is -0.284. The molecule has 1 N–H and O–H groups in total. The first kappa shape index (κ1) is 16.3. The van der Waals surface area contributed by atoms with Crippen LogP contribution < -0.4 is 9.62 Å². The van der Waals surface area contributed by atoms with Crippen molar-refractivity contribution >= 4 is 15.9 Å². The fourth-order valence-corrected chi connectivity index (χ4v) is 3.86. The predicted molar refractivity (Wildman–Crippen MR) is 86.7 cm³/mol. The van der Waals surface area contributed by atoms with Gasteiger partial charge in [-0.2, -0.15) is 12.7 Å². The summed E-state index contributed by atoms with van der Waals surface area (Å²) >= 11 is 0. The van der Waals surface area contributed by atoms with Crippen LogP contribution in [0.3, 0.4) is 0 Å². The fraction of sp³-hybridized carbons (Fsp3) is 0.600. The highest BCUT2D eigenvalue weighted by molar-refractivity contribution is 7.90. The third-order valence-corrected chi connectivity index (χ3v) is 5.67. The van der Waals surface area contributed by atoms with E-state index in [0.29, 0.717) is 6.54 Å². The number of rotatable bonds is 5. The summed E-state index contributed by atoms with van der Waals surface area (Å²) in [6, 6.07) is 8.04. The Morgan fingerprint density at radius 3 is 2.71 bits per heavy atom. The summed E-state index contributed by atoms with van der Waals surface area (Å²) in [5, 5.41) is 3.53. The second kappa shape index (κ2) is 6.77. The third kappa shape index (κ3) is 3.39. The lowest BCUT2D eigenvalue weighted by molar-refractivity contribution is 0.494. The average Bonchev–Trinajstić information content (AvgIpc) is 2.64. The van der Waals surface area contributed by atoms with Crippen LogP contribution in [0.25, 0.3) is 0 Å². The maximum absolute atomic E-state index is 12.6. The molecule has 0 aromatic heterocycles. The van der Waals surface area contributed by atoms with Gasteiger partial charge in [-0.25, -0.2) is 0 Å². The fourth-order valence-electron chi connectivity index (χ4n) is 2.69. The minimum absolute atomic E-state index is 0.225. The van der Waals surface area contributed by atoms with E-state index in [4.69, 9.17) is 0 Å². The number of anilines is 1. The molecule has 1 atom stereocenters. The third-order valence-electron chi connectivity index (χ3n) is 3.82. The molecule has 0 aliphatic carbocycles. The van der Waals surface area contributed by atoms with E-state index in [9.17, 15) is 8.42 Å². The van der Waals surface area contributed by atoms with Crippen LogP contribution in [0.4, 0.5) is 5.69 Å². The Bertz CT molecular complexity index is 572. The zero-order chi connectivity index (χ0) is 15.5. The minimum atomic E-state index is -3.44. The van der Waals surface area contributed by atoms with E-state index in [-0.39, 0.29) is 6.04 Å². The van der Waals surface area contributed by atoms with Crippen LogP contribution in [0.1, 0.15) is 37.8 Å². The Labute approximate surface area is 128 Å². The Morgan fingerprint density at radius 2 is 2.05 bits per heavy atom. The van der Waals surface area contributed by atoms with Crippen LogP contribution in [-0.4, -0.2) is 39.9 Å². The van der Waals surface area contributed by atoms with E-state index in [1.54, 1.807) is 14.1 Å². The Kier molecular flexibility index (Phi) is 5.24. The van der Waals surface area contributed by atoms with Gasteiger partial charge in [0, 0.05) is 26.7 Å². The Balaban J connectivity index is 2.42. The Hall–Kier alpha value is -1.11. The van der Waals surface area contributed by atoms with Gasteiger partial charge in [0.2, 0.25) is 0 Å². The van der Waals surface area contributed by atoms with E-state index in [1.807, 2.05) is 24.3 Å². The quantitative estimate of drug-likeness (QED) is 0.906. The lowest BCUT2D eigenvalue weighted by Gasteiger charge is -2.28. The number of hydrogen-bond acceptors (Lipinski definition) is 3. The van der Waals surface area contributed by atoms with Gasteiger partial charge in [0.15, 0.2) is 0 Å². The minimum Gasteiger partial charge on any atom is -0.310 e. The van der Waals surface area contributed by atoms with E-state index in [0.717, 1.165) is 37.1 Å². The van der Waals surface area contributed by atoms with Crippen molar-refractivity contribution in [2.24, 2.45) is 0 Å². The lowest BCUT2D eigenvalue weighted by atomic mass is 10.0. The van der Waals surface area contributed by atoms with Crippen LogP contribution in [-0.2, 0) is 10.2 Å². The molecule has 1 aliphatic heterocycles. The summed E-state index contributed by atoms with van der Waals surface area (Å²) in [6.45, 7) is 3.61. The van der Waals surface area contributed by atoms with Crippen molar-refractivity contribution in [3.63, 3.8) is 0 Å². The van der Waals surface area contributed by atoms with Crippen LogP contribution in [0, 0.1) is 0 Å². The first-order valence-corrected chi connectivity index (χ1v) is 8.90. The van der Waals surface area contributed by atoms with Gasteiger partial charge in [-0.15, -0.1) is 0 Å². The SMILES string of the molecule is CCCNC1CCCN(S(=O)(=O)N(C)C)c2ccccc21. The molecule has 0 bridgehead atoms. The zero-order valence-corrected chi connectivity index (χ0v) is 13.9. The highest BCUT2D eigenvalue weighted by Gasteiger charge is 2.30. The molecule has 0 saturated carbocycles. The monoisotopic (exact) mass is 311 g/mol. The maximum atomic E-state index is 12.6. The summed E-state index contributed by atoms with van der Waals surface area (Å²) < 4.78 is 27.9. The van der Waals surface area contributed by atoms with E-state index in [2.05, 4.69) is 12.2 Å². The van der Waals surface area contributed by atoms with Crippen LogP contribution in [0.15, 0.2) is 24.3 Å². The molecule has 5 nitrogen and oxygen atoms in total. The summed E-state index contributed by atoms with van der Waals surface area (Å²) in [6.07, 6.45) is 2.87. The van der Waals surface area contributed by atoms with Crippen molar-refractivity contribution in [3.8, 4) is 0 Å². The van der Waals surface area contributed by atoms with Crippen molar-refractivity contribution in [1.29, 1.82) is 0 Å². The molecule has 1 unspecified atom stereocenters. The number of benzene rings is 1. The van der Waals surface area contributed by atoms with Gasteiger partial charge < -0.3 is 5.32 Å². The van der Waals surface area contributed by atoms with Crippen molar-refractivity contribution in [1.82, 2.24) is 9.62 Å². The van der Waals surface area contributed by atoms with Gasteiger partial charge >= 0.3 is 10.2 Å². The summed E-state index contributed by atoms with van der Waals surface area (Å²) in [5.41, 5.74) is 1.88. The van der Waals surface area contributed by atoms with Crippen molar-refractivity contribution < 1.29 is 8.42 Å². The molecular weight excluding hydrogens is 286 g/mol. The largest absolute Gasteiger partial charge is 0.310 e. The van der Waals surface area contributed by atoms with Crippen molar-refractivity contribution in [3.05, 3.63) is 29.8 Å². The van der Waals surface area contributed by atoms with Gasteiger partial charge in [0.25, 0.3) is 0 Å². The molecule has 1 aromatic rings. The molecule has 118 valence electrons. The predicted octanol–water partition coefficient (Wildman–Crippen LogP) is 2.13. The standard InChI is InChI=1S/C15H25N3O2S/c1-4-11-16-14-9-7-12-18(21(19,20)17(2)3)15-10-6-5-8-13(14)15/h5-6,8,10,14,16H,4,7,9,11-12H2,1-3H3. The molecule has 1 aliphatic rings. The van der Waals surface area contributed by atoms with Crippen LogP contribution in [0.5, 0.6) is 0 Å². The van der Waals surface area contributed by atoms with Gasteiger partial charge in [0.05, 0.1) is 5.69 Å². The van der Waals surface area contributed by atoms with Gasteiger partial charge in [0.1, 0.15) is 0 Å². The second-order valence-corrected chi connectivity index (χ2v) is 7.64. The van der Waals surface area contributed by atoms with E-state index >= 15 is 0 Å². The molecule has 0 saturated heterocycles. The van der Waals surface area contributed by atoms with Gasteiger partial charge in [-0.05, 0) is 37.4 Å². The van der Waals surface area contributed by atoms with E-state index in [1.165, 1.54) is 8.61 Å². The molecule has 0 fully saturated rings. The number of nitrogens with zero attached hydrogens (tertiary/aromatic N) is 2.